The van der Waals surface area contributed by atoms with Gasteiger partial charge in [0, 0.05) is 11.3 Å². The summed E-state index contributed by atoms with van der Waals surface area (Å²) in [4.78, 5) is 25.1. The third-order valence-corrected chi connectivity index (χ3v) is 8.41. The van der Waals surface area contributed by atoms with Crippen molar-refractivity contribution in [3.8, 4) is 0 Å². The summed E-state index contributed by atoms with van der Waals surface area (Å²) < 4.78 is 0. The summed E-state index contributed by atoms with van der Waals surface area (Å²) in [5.74, 6) is -0.528. The van der Waals surface area contributed by atoms with Crippen LogP contribution in [-0.4, -0.2) is 28.1 Å². The highest BCUT2D eigenvalue weighted by Gasteiger charge is 2.70. The summed E-state index contributed by atoms with van der Waals surface area (Å²) in [5, 5.41) is 20.9. The van der Waals surface area contributed by atoms with E-state index < -0.39 is 22.9 Å². The molecule has 4 heteroatoms. The van der Waals surface area contributed by atoms with Crippen molar-refractivity contribution in [1.82, 2.24) is 0 Å². The molecule has 4 aliphatic carbocycles. The maximum Gasteiger partial charge on any atom is 0.309 e. The van der Waals surface area contributed by atoms with Crippen LogP contribution in [0.15, 0.2) is 12.2 Å². The number of carboxylic acid groups (broad SMARTS) is 1. The van der Waals surface area contributed by atoms with Crippen LogP contribution in [0.25, 0.3) is 0 Å². The predicted octanol–water partition coefficient (Wildman–Crippen LogP) is 3.19. The average molecular weight is 332 g/mol. The molecule has 0 amide bonds. The molecule has 2 bridgehead atoms. The summed E-state index contributed by atoms with van der Waals surface area (Å²) in [7, 11) is 0. The minimum atomic E-state index is -0.746. The Morgan fingerprint density at radius 2 is 1.96 bits per heavy atom. The van der Waals surface area contributed by atoms with Gasteiger partial charge in [0.05, 0.1) is 11.5 Å². The van der Waals surface area contributed by atoms with Crippen molar-refractivity contribution in [3.63, 3.8) is 0 Å². The summed E-state index contributed by atoms with van der Waals surface area (Å²) >= 11 is 0. The third kappa shape index (κ3) is 1.68. The second-order valence-electron chi connectivity index (χ2n) is 9.37. The van der Waals surface area contributed by atoms with Crippen LogP contribution in [0.5, 0.6) is 0 Å². The van der Waals surface area contributed by atoms with Gasteiger partial charge >= 0.3 is 5.97 Å². The summed E-state index contributed by atoms with van der Waals surface area (Å²) in [6.45, 7) is 8.06. The van der Waals surface area contributed by atoms with Crippen LogP contribution >= 0.6 is 0 Å². The molecule has 0 aliphatic heterocycles. The van der Waals surface area contributed by atoms with E-state index in [1.54, 1.807) is 0 Å². The standard InChI is InChI=1S/C20H28O4/c1-11-12-9-13(21)15-18(2)6-4-7-19(3,17(23)24)14(18)5-8-20(15,10-12)16(11)22/h12-15,21H,1,4-10H2,2-3H3,(H,23,24)/t12?,13-,14?,15?,18+,19?,20?/m0/s1. The predicted molar refractivity (Wildman–Crippen MR) is 89.2 cm³/mol. The Balaban J connectivity index is 1.83. The molecule has 5 unspecified atom stereocenters. The van der Waals surface area contributed by atoms with Crippen LogP contribution in [-0.2, 0) is 9.59 Å². The van der Waals surface area contributed by atoms with Gasteiger partial charge in [-0.15, -0.1) is 0 Å². The summed E-state index contributed by atoms with van der Waals surface area (Å²) in [5.41, 5.74) is -0.810. The first-order valence-electron chi connectivity index (χ1n) is 9.32. The fourth-order valence-corrected chi connectivity index (χ4v) is 7.48. The number of fused-ring (bicyclic) bond motifs is 3. The van der Waals surface area contributed by atoms with Crippen LogP contribution in [0.1, 0.15) is 58.8 Å². The molecule has 24 heavy (non-hydrogen) atoms. The molecule has 7 atom stereocenters. The topological polar surface area (TPSA) is 74.6 Å². The minimum absolute atomic E-state index is 0.0275. The third-order valence-electron chi connectivity index (χ3n) is 8.41. The van der Waals surface area contributed by atoms with Crippen molar-refractivity contribution < 1.29 is 19.8 Å². The van der Waals surface area contributed by atoms with Crippen LogP contribution < -0.4 is 0 Å². The van der Waals surface area contributed by atoms with Crippen LogP contribution in [0.4, 0.5) is 0 Å². The number of hydrogen-bond acceptors (Lipinski definition) is 3. The maximum atomic E-state index is 13.1. The zero-order chi connectivity index (χ0) is 17.5. The number of Topliss-reactive ketones (excluding diaryl/α,β-unsaturated/α-hetero) is 1. The van der Waals surface area contributed by atoms with Gasteiger partial charge in [-0.05, 0) is 68.3 Å². The number of aliphatic hydroxyl groups is 1. The Hall–Kier alpha value is -1.16. The van der Waals surface area contributed by atoms with E-state index in [0.29, 0.717) is 24.8 Å². The zero-order valence-electron chi connectivity index (χ0n) is 14.7. The Bertz CT molecular complexity index is 640. The van der Waals surface area contributed by atoms with Gasteiger partial charge in [-0.1, -0.05) is 19.9 Å². The van der Waals surface area contributed by atoms with Crippen molar-refractivity contribution >= 4 is 11.8 Å². The normalized spacial score (nSPS) is 53.5. The SMILES string of the molecule is C=C1C(=O)C23CCC4C(C)(C(=O)O)CCC[C@@]4(C)C2[C@@H](O)CC1C3. The molecular weight excluding hydrogens is 304 g/mol. The number of carbonyl (C=O) groups excluding carboxylic acids is 1. The lowest BCUT2D eigenvalue weighted by Crippen LogP contribution is -2.62. The number of allylic oxidation sites excluding steroid dienone is 1. The van der Waals surface area contributed by atoms with E-state index in [-0.39, 0.29) is 29.0 Å². The number of aliphatic carboxylic acids is 1. The van der Waals surface area contributed by atoms with Crippen molar-refractivity contribution in [1.29, 1.82) is 0 Å². The first-order chi connectivity index (χ1) is 11.2. The maximum absolute atomic E-state index is 13.1. The largest absolute Gasteiger partial charge is 0.481 e. The summed E-state index contributed by atoms with van der Waals surface area (Å²) in [6.07, 6.45) is 4.86. The lowest BCUT2D eigenvalue weighted by Gasteiger charge is -2.63. The van der Waals surface area contributed by atoms with Crippen molar-refractivity contribution in [2.45, 2.75) is 64.9 Å². The number of hydrogen-bond donors (Lipinski definition) is 2. The van der Waals surface area contributed by atoms with E-state index in [4.69, 9.17) is 0 Å². The second-order valence-corrected chi connectivity index (χ2v) is 9.37. The summed E-state index contributed by atoms with van der Waals surface area (Å²) in [6, 6.07) is 0. The number of aliphatic hydroxyl groups excluding tert-OH is 1. The average Bonchev–Trinajstić information content (AvgIpc) is 2.68. The Kier molecular flexibility index (Phi) is 3.21. The minimum Gasteiger partial charge on any atom is -0.481 e. The van der Waals surface area contributed by atoms with Crippen LogP contribution in [0.3, 0.4) is 0 Å². The fourth-order valence-electron chi connectivity index (χ4n) is 7.48. The molecule has 0 aromatic heterocycles. The van der Waals surface area contributed by atoms with E-state index in [1.165, 1.54) is 0 Å². The van der Waals surface area contributed by atoms with Crippen molar-refractivity contribution in [2.24, 2.45) is 34.0 Å². The van der Waals surface area contributed by atoms with Crippen molar-refractivity contribution in [2.75, 3.05) is 0 Å². The lowest BCUT2D eigenvalue weighted by atomic mass is 9.40. The fraction of sp³-hybridized carbons (Fsp3) is 0.800. The Morgan fingerprint density at radius 3 is 2.62 bits per heavy atom. The van der Waals surface area contributed by atoms with Gasteiger partial charge < -0.3 is 10.2 Å². The second kappa shape index (κ2) is 4.72. The molecule has 4 nitrogen and oxygen atoms in total. The number of carboxylic acids is 1. The van der Waals surface area contributed by atoms with E-state index >= 15 is 0 Å². The molecule has 132 valence electrons. The molecule has 0 heterocycles. The molecule has 1 spiro atoms. The molecular formula is C20H28O4. The van der Waals surface area contributed by atoms with Gasteiger partial charge in [0.25, 0.3) is 0 Å². The highest BCUT2D eigenvalue weighted by atomic mass is 16.4. The molecule has 0 radical (unpaired) electrons. The quantitative estimate of drug-likeness (QED) is 0.723. The molecule has 4 fully saturated rings. The van der Waals surface area contributed by atoms with Crippen molar-refractivity contribution in [3.05, 3.63) is 12.2 Å². The molecule has 4 rings (SSSR count). The van der Waals surface area contributed by atoms with Gasteiger partial charge in [-0.3, -0.25) is 9.59 Å². The van der Waals surface area contributed by atoms with Crippen LogP contribution in [0.2, 0.25) is 0 Å². The molecule has 0 aromatic rings. The molecule has 2 N–H and O–H groups in total. The highest BCUT2D eigenvalue weighted by molar-refractivity contribution is 6.03. The smallest absolute Gasteiger partial charge is 0.309 e. The first-order valence-corrected chi connectivity index (χ1v) is 9.32. The molecule has 0 aromatic carbocycles. The Morgan fingerprint density at radius 1 is 1.25 bits per heavy atom. The zero-order valence-corrected chi connectivity index (χ0v) is 14.7. The van der Waals surface area contributed by atoms with Gasteiger partial charge in [-0.25, -0.2) is 0 Å². The highest BCUT2D eigenvalue weighted by Crippen LogP contribution is 2.71. The van der Waals surface area contributed by atoms with Gasteiger partial charge in [0.1, 0.15) is 0 Å². The van der Waals surface area contributed by atoms with Gasteiger partial charge in [0.15, 0.2) is 5.78 Å². The lowest BCUT2D eigenvalue weighted by molar-refractivity contribution is -0.199. The van der Waals surface area contributed by atoms with E-state index in [2.05, 4.69) is 13.5 Å². The monoisotopic (exact) mass is 332 g/mol. The van der Waals surface area contributed by atoms with E-state index in [9.17, 15) is 19.8 Å². The molecule has 0 saturated heterocycles. The van der Waals surface area contributed by atoms with E-state index in [1.807, 2.05) is 6.92 Å². The number of ketones is 1. The molecule has 4 saturated carbocycles. The van der Waals surface area contributed by atoms with Gasteiger partial charge in [0.2, 0.25) is 0 Å². The Labute approximate surface area is 143 Å². The van der Waals surface area contributed by atoms with Gasteiger partial charge in [-0.2, -0.15) is 0 Å². The number of rotatable bonds is 1. The van der Waals surface area contributed by atoms with Crippen LogP contribution in [0, 0.1) is 34.0 Å². The number of carbonyl (C=O) groups is 2. The van der Waals surface area contributed by atoms with E-state index in [0.717, 1.165) is 25.7 Å². The first kappa shape index (κ1) is 16.3. The molecule has 4 aliphatic rings.